The first-order valence-electron chi connectivity index (χ1n) is 7.35. The van der Waals surface area contributed by atoms with Crippen LogP contribution < -0.4 is 10.9 Å². The van der Waals surface area contributed by atoms with Crippen LogP contribution in [0.15, 0.2) is 39.6 Å². The molecular formula is C16H16N4O4. The fourth-order valence-electron chi connectivity index (χ4n) is 2.58. The van der Waals surface area contributed by atoms with E-state index in [-0.39, 0.29) is 17.3 Å². The predicted molar refractivity (Wildman–Crippen MR) is 89.1 cm³/mol. The monoisotopic (exact) mass is 328 g/mol. The number of aryl methyl sites for hydroxylation is 2. The minimum atomic E-state index is -0.460. The van der Waals surface area contributed by atoms with Gasteiger partial charge in [0.25, 0.3) is 11.2 Å². The van der Waals surface area contributed by atoms with E-state index in [0.717, 1.165) is 0 Å². The molecule has 1 aromatic carbocycles. The van der Waals surface area contributed by atoms with Crippen molar-refractivity contribution in [2.24, 2.45) is 7.05 Å². The molecule has 3 rings (SSSR count). The number of non-ortho nitro benzene ring substituents is 1. The molecule has 0 radical (unpaired) electrons. The molecule has 0 spiro atoms. The number of hydrogen-bond donors (Lipinski definition) is 1. The predicted octanol–water partition coefficient (Wildman–Crippen LogP) is 2.92. The van der Waals surface area contributed by atoms with Crippen molar-refractivity contribution in [3.63, 3.8) is 0 Å². The number of pyridine rings is 1. The standard InChI is InChI=1S/C16H16N4O4/c1-9-6-13(18-24-9)10(2)17-14-8-16(21)19(3)15-5-4-11(20(22)23)7-12(14)15/h4-8,10,17H,1-3H3. The third-order valence-corrected chi connectivity index (χ3v) is 3.90. The van der Waals surface area contributed by atoms with E-state index < -0.39 is 4.92 Å². The summed E-state index contributed by atoms with van der Waals surface area (Å²) < 4.78 is 6.51. The fraction of sp³-hybridized carbons (Fsp3) is 0.250. The summed E-state index contributed by atoms with van der Waals surface area (Å²) in [6.45, 7) is 3.66. The van der Waals surface area contributed by atoms with Crippen LogP contribution in [0.1, 0.15) is 24.4 Å². The maximum Gasteiger partial charge on any atom is 0.270 e. The zero-order chi connectivity index (χ0) is 17.4. The first-order chi connectivity index (χ1) is 11.4. The van der Waals surface area contributed by atoms with Gasteiger partial charge in [-0.15, -0.1) is 0 Å². The zero-order valence-electron chi connectivity index (χ0n) is 13.4. The highest BCUT2D eigenvalue weighted by atomic mass is 16.6. The molecule has 1 unspecified atom stereocenters. The highest BCUT2D eigenvalue weighted by Crippen LogP contribution is 2.28. The number of aromatic nitrogens is 2. The lowest BCUT2D eigenvalue weighted by Gasteiger charge is -2.16. The number of hydrogen-bond acceptors (Lipinski definition) is 6. The first-order valence-corrected chi connectivity index (χ1v) is 7.35. The Morgan fingerprint density at radius 3 is 2.71 bits per heavy atom. The van der Waals surface area contributed by atoms with Crippen LogP contribution in [0.25, 0.3) is 10.9 Å². The Hall–Kier alpha value is -3.16. The van der Waals surface area contributed by atoms with Gasteiger partial charge in [0, 0.05) is 42.4 Å². The molecule has 0 aliphatic rings. The van der Waals surface area contributed by atoms with Gasteiger partial charge in [-0.1, -0.05) is 5.16 Å². The van der Waals surface area contributed by atoms with Crippen molar-refractivity contribution >= 4 is 22.3 Å². The average molecular weight is 328 g/mol. The smallest absolute Gasteiger partial charge is 0.270 e. The molecule has 2 heterocycles. The number of fused-ring (bicyclic) bond motifs is 1. The summed E-state index contributed by atoms with van der Waals surface area (Å²) >= 11 is 0. The quantitative estimate of drug-likeness (QED) is 0.583. The van der Waals surface area contributed by atoms with Crippen LogP contribution in [0.3, 0.4) is 0 Å². The Morgan fingerprint density at radius 2 is 2.08 bits per heavy atom. The van der Waals surface area contributed by atoms with Gasteiger partial charge in [0.1, 0.15) is 11.5 Å². The summed E-state index contributed by atoms with van der Waals surface area (Å²) in [7, 11) is 1.63. The number of nitrogens with one attached hydrogen (secondary N) is 1. The van der Waals surface area contributed by atoms with Crippen LogP contribution in [0.4, 0.5) is 11.4 Å². The van der Waals surface area contributed by atoms with Crippen molar-refractivity contribution in [1.82, 2.24) is 9.72 Å². The summed E-state index contributed by atoms with van der Waals surface area (Å²) in [5, 5.41) is 18.8. The summed E-state index contributed by atoms with van der Waals surface area (Å²) in [4.78, 5) is 22.7. The van der Waals surface area contributed by atoms with Crippen LogP contribution >= 0.6 is 0 Å². The second-order valence-electron chi connectivity index (χ2n) is 5.64. The van der Waals surface area contributed by atoms with Crippen LogP contribution in [0.2, 0.25) is 0 Å². The first kappa shape index (κ1) is 15.7. The molecule has 8 heteroatoms. The van der Waals surface area contributed by atoms with Crippen molar-refractivity contribution < 1.29 is 9.45 Å². The Balaban J connectivity index is 2.12. The van der Waals surface area contributed by atoms with Crippen molar-refractivity contribution in [2.75, 3.05) is 5.32 Å². The number of nitro groups is 1. The topological polar surface area (TPSA) is 103 Å². The number of benzene rings is 1. The molecule has 124 valence electrons. The van der Waals surface area contributed by atoms with Gasteiger partial charge in [0.05, 0.1) is 16.5 Å². The largest absolute Gasteiger partial charge is 0.376 e. The number of anilines is 1. The normalized spacial score (nSPS) is 12.3. The molecule has 3 aromatic rings. The van der Waals surface area contributed by atoms with Crippen molar-refractivity contribution in [1.29, 1.82) is 0 Å². The molecule has 1 atom stereocenters. The third-order valence-electron chi connectivity index (χ3n) is 3.90. The van der Waals surface area contributed by atoms with E-state index in [4.69, 9.17) is 4.52 Å². The molecule has 8 nitrogen and oxygen atoms in total. The zero-order valence-corrected chi connectivity index (χ0v) is 13.4. The minimum Gasteiger partial charge on any atom is -0.376 e. The van der Waals surface area contributed by atoms with E-state index >= 15 is 0 Å². The lowest BCUT2D eigenvalue weighted by Crippen LogP contribution is -2.18. The second-order valence-corrected chi connectivity index (χ2v) is 5.64. The van der Waals surface area contributed by atoms with E-state index in [9.17, 15) is 14.9 Å². The molecule has 2 aromatic heterocycles. The fourth-order valence-corrected chi connectivity index (χ4v) is 2.58. The Kier molecular flexibility index (Phi) is 3.80. The maximum absolute atomic E-state index is 12.1. The van der Waals surface area contributed by atoms with Crippen molar-refractivity contribution in [3.8, 4) is 0 Å². The van der Waals surface area contributed by atoms with E-state index in [1.54, 1.807) is 26.1 Å². The lowest BCUT2D eigenvalue weighted by molar-refractivity contribution is -0.384. The second kappa shape index (κ2) is 5.80. The van der Waals surface area contributed by atoms with Gasteiger partial charge in [0.15, 0.2) is 0 Å². The number of rotatable bonds is 4. The van der Waals surface area contributed by atoms with Gasteiger partial charge in [-0.05, 0) is 19.9 Å². The van der Waals surface area contributed by atoms with Crippen molar-refractivity contribution in [3.05, 3.63) is 62.3 Å². The van der Waals surface area contributed by atoms with E-state index in [1.807, 2.05) is 6.92 Å². The van der Waals surface area contributed by atoms with Crippen LogP contribution in [0, 0.1) is 17.0 Å². The molecule has 0 bridgehead atoms. The molecule has 1 N–H and O–H groups in total. The highest BCUT2D eigenvalue weighted by molar-refractivity contribution is 5.93. The molecule has 0 aliphatic carbocycles. The molecule has 24 heavy (non-hydrogen) atoms. The van der Waals surface area contributed by atoms with E-state index in [2.05, 4.69) is 10.5 Å². The highest BCUT2D eigenvalue weighted by Gasteiger charge is 2.16. The van der Waals surface area contributed by atoms with Crippen molar-refractivity contribution in [2.45, 2.75) is 19.9 Å². The number of nitrogens with zero attached hydrogens (tertiary/aromatic N) is 3. The Bertz CT molecular complexity index is 989. The van der Waals surface area contributed by atoms with Crippen LogP contribution in [-0.4, -0.2) is 14.6 Å². The summed E-state index contributed by atoms with van der Waals surface area (Å²) in [6.07, 6.45) is 0. The van der Waals surface area contributed by atoms with E-state index in [0.29, 0.717) is 28.0 Å². The summed E-state index contributed by atoms with van der Waals surface area (Å²) in [6, 6.07) is 7.41. The average Bonchev–Trinajstić information content (AvgIpc) is 2.98. The molecular weight excluding hydrogens is 312 g/mol. The molecule has 0 saturated carbocycles. The van der Waals surface area contributed by atoms with Gasteiger partial charge >= 0.3 is 0 Å². The minimum absolute atomic E-state index is 0.0332. The van der Waals surface area contributed by atoms with Crippen LogP contribution in [0.5, 0.6) is 0 Å². The number of nitro benzene ring substituents is 1. The van der Waals surface area contributed by atoms with E-state index in [1.165, 1.54) is 22.8 Å². The lowest BCUT2D eigenvalue weighted by atomic mass is 10.1. The molecule has 0 saturated heterocycles. The third kappa shape index (κ3) is 2.73. The Morgan fingerprint density at radius 1 is 1.33 bits per heavy atom. The van der Waals surface area contributed by atoms with Gasteiger partial charge in [0.2, 0.25) is 0 Å². The van der Waals surface area contributed by atoms with Gasteiger partial charge < -0.3 is 14.4 Å². The van der Waals surface area contributed by atoms with Crippen LogP contribution in [-0.2, 0) is 7.05 Å². The van der Waals surface area contributed by atoms with Gasteiger partial charge in [-0.2, -0.15) is 0 Å². The molecule has 0 aliphatic heterocycles. The van der Waals surface area contributed by atoms with Gasteiger partial charge in [-0.25, -0.2) is 0 Å². The summed E-state index contributed by atoms with van der Waals surface area (Å²) in [5.74, 6) is 0.683. The summed E-state index contributed by atoms with van der Waals surface area (Å²) in [5.41, 5.74) is 1.58. The molecule has 0 fully saturated rings. The Labute approximate surface area is 136 Å². The van der Waals surface area contributed by atoms with Gasteiger partial charge in [-0.3, -0.25) is 14.9 Å². The SMILES string of the molecule is Cc1cc(C(C)Nc2cc(=O)n(C)c3ccc([N+](=O)[O-])cc23)no1. The molecule has 0 amide bonds. The maximum atomic E-state index is 12.1.